The Morgan fingerprint density at radius 2 is 2.00 bits per heavy atom. The normalized spacial score (nSPS) is 15.4. The maximum atomic E-state index is 4.89. The molecule has 0 aliphatic heterocycles. The van der Waals surface area contributed by atoms with Gasteiger partial charge in [0.1, 0.15) is 5.82 Å². The Hall–Kier alpha value is -0.690. The number of benzene rings is 1. The van der Waals surface area contributed by atoms with E-state index in [-0.39, 0.29) is 0 Å². The molecule has 1 saturated carbocycles. The molecule has 21 heavy (non-hydrogen) atoms. The van der Waals surface area contributed by atoms with Crippen LogP contribution in [0.1, 0.15) is 37.3 Å². The van der Waals surface area contributed by atoms with Crippen molar-refractivity contribution >= 4 is 44.3 Å². The van der Waals surface area contributed by atoms with Crippen molar-refractivity contribution in [3.05, 3.63) is 38.0 Å². The Morgan fingerprint density at radius 3 is 2.67 bits per heavy atom. The van der Waals surface area contributed by atoms with Gasteiger partial charge >= 0.3 is 0 Å². The van der Waals surface area contributed by atoms with Gasteiger partial charge in [0, 0.05) is 23.0 Å². The van der Waals surface area contributed by atoms with Crippen molar-refractivity contribution in [3.8, 4) is 11.4 Å². The van der Waals surface area contributed by atoms with Crippen molar-refractivity contribution < 1.29 is 0 Å². The number of nitrogens with zero attached hydrogens (tertiary/aromatic N) is 2. The molecular weight excluding hydrogens is 441 g/mol. The molecule has 110 valence electrons. The molecule has 1 aromatic carbocycles. The van der Waals surface area contributed by atoms with Gasteiger partial charge in [-0.3, -0.25) is 0 Å². The summed E-state index contributed by atoms with van der Waals surface area (Å²) in [6, 6.07) is 8.17. The van der Waals surface area contributed by atoms with Crippen LogP contribution in [0.3, 0.4) is 0 Å². The summed E-state index contributed by atoms with van der Waals surface area (Å²) < 4.78 is 2.22. The van der Waals surface area contributed by atoms with E-state index in [0.717, 1.165) is 21.7 Å². The average molecular weight is 458 g/mol. The number of aromatic nitrogens is 2. The zero-order valence-electron chi connectivity index (χ0n) is 11.9. The summed E-state index contributed by atoms with van der Waals surface area (Å²) in [5.74, 6) is 2.32. The smallest absolute Gasteiger partial charge is 0.161 e. The van der Waals surface area contributed by atoms with Gasteiger partial charge in [-0.15, -0.1) is 0 Å². The van der Waals surface area contributed by atoms with E-state index in [0.29, 0.717) is 5.92 Å². The van der Waals surface area contributed by atoms with E-state index in [1.807, 2.05) is 19.2 Å². The molecule has 3 nitrogen and oxygen atoms in total. The third kappa shape index (κ3) is 3.23. The minimum absolute atomic E-state index is 0.581. The third-order valence-electron chi connectivity index (χ3n) is 3.94. The van der Waals surface area contributed by atoms with Crippen LogP contribution in [0, 0.1) is 3.57 Å². The van der Waals surface area contributed by atoms with Gasteiger partial charge in [-0.05, 0) is 47.6 Å². The van der Waals surface area contributed by atoms with Crippen LogP contribution in [0.2, 0.25) is 0 Å². The molecule has 1 N–H and O–H groups in total. The standard InChI is InChI=1S/C16H17BrIN3/c1-19-16-13(18)14(10-5-2-3-6-10)20-15(21-16)11-7-4-8-12(17)9-11/h4,7-10H,2-3,5-6H2,1H3,(H,19,20,21). The van der Waals surface area contributed by atoms with Crippen LogP contribution >= 0.6 is 38.5 Å². The Balaban J connectivity index is 2.10. The van der Waals surface area contributed by atoms with Crippen LogP contribution in [0.15, 0.2) is 28.7 Å². The van der Waals surface area contributed by atoms with Crippen LogP contribution in [-0.2, 0) is 0 Å². The number of hydrogen-bond donors (Lipinski definition) is 1. The van der Waals surface area contributed by atoms with Gasteiger partial charge in [0.15, 0.2) is 5.82 Å². The topological polar surface area (TPSA) is 37.8 Å². The van der Waals surface area contributed by atoms with Crippen LogP contribution in [0.25, 0.3) is 11.4 Å². The molecule has 1 aliphatic rings. The second-order valence-electron chi connectivity index (χ2n) is 5.34. The number of rotatable bonds is 3. The van der Waals surface area contributed by atoms with Gasteiger partial charge in [0.05, 0.1) is 9.26 Å². The summed E-state index contributed by atoms with van der Waals surface area (Å²) in [4.78, 5) is 9.58. The molecule has 1 fully saturated rings. The fourth-order valence-corrected chi connectivity index (χ4v) is 4.21. The van der Waals surface area contributed by atoms with E-state index in [9.17, 15) is 0 Å². The zero-order chi connectivity index (χ0) is 14.8. The Morgan fingerprint density at radius 1 is 1.24 bits per heavy atom. The molecule has 0 bridgehead atoms. The molecule has 0 atom stereocenters. The fourth-order valence-electron chi connectivity index (χ4n) is 2.86. The number of nitrogens with one attached hydrogen (secondary N) is 1. The molecule has 0 spiro atoms. The highest BCUT2D eigenvalue weighted by molar-refractivity contribution is 14.1. The Bertz CT molecular complexity index is 654. The SMILES string of the molecule is CNc1nc(-c2cccc(Br)c2)nc(C2CCCC2)c1I. The second-order valence-corrected chi connectivity index (χ2v) is 7.33. The summed E-state index contributed by atoms with van der Waals surface area (Å²) in [7, 11) is 1.92. The summed E-state index contributed by atoms with van der Waals surface area (Å²) in [6.07, 6.45) is 5.11. The van der Waals surface area contributed by atoms with E-state index in [2.05, 4.69) is 61.0 Å². The van der Waals surface area contributed by atoms with Gasteiger partial charge < -0.3 is 5.32 Å². The lowest BCUT2D eigenvalue weighted by molar-refractivity contribution is 0.691. The first kappa shape index (κ1) is 15.2. The molecule has 5 heteroatoms. The summed E-state index contributed by atoms with van der Waals surface area (Å²) in [6.45, 7) is 0. The first-order chi connectivity index (χ1) is 10.2. The maximum Gasteiger partial charge on any atom is 0.161 e. The highest BCUT2D eigenvalue weighted by Crippen LogP contribution is 2.38. The molecule has 3 rings (SSSR count). The number of hydrogen-bond acceptors (Lipinski definition) is 3. The van der Waals surface area contributed by atoms with Gasteiger partial charge in [-0.25, -0.2) is 9.97 Å². The van der Waals surface area contributed by atoms with Crippen LogP contribution in [0.4, 0.5) is 5.82 Å². The molecule has 1 heterocycles. The van der Waals surface area contributed by atoms with Gasteiger partial charge in [-0.2, -0.15) is 0 Å². The highest BCUT2D eigenvalue weighted by atomic mass is 127. The lowest BCUT2D eigenvalue weighted by Gasteiger charge is -2.15. The average Bonchev–Trinajstić information content (AvgIpc) is 3.01. The quantitative estimate of drug-likeness (QED) is 0.643. The molecule has 0 unspecified atom stereocenters. The van der Waals surface area contributed by atoms with Crippen molar-refractivity contribution in [2.45, 2.75) is 31.6 Å². The minimum atomic E-state index is 0.581. The van der Waals surface area contributed by atoms with Crippen molar-refractivity contribution in [1.82, 2.24) is 9.97 Å². The van der Waals surface area contributed by atoms with Crippen molar-refractivity contribution in [2.24, 2.45) is 0 Å². The molecule has 2 aromatic rings. The highest BCUT2D eigenvalue weighted by Gasteiger charge is 2.24. The van der Waals surface area contributed by atoms with E-state index < -0.39 is 0 Å². The van der Waals surface area contributed by atoms with Gasteiger partial charge in [-0.1, -0.05) is 40.9 Å². The second kappa shape index (κ2) is 6.60. The van der Waals surface area contributed by atoms with Gasteiger partial charge in [0.25, 0.3) is 0 Å². The van der Waals surface area contributed by atoms with Crippen LogP contribution in [0.5, 0.6) is 0 Å². The van der Waals surface area contributed by atoms with Crippen molar-refractivity contribution in [3.63, 3.8) is 0 Å². The lowest BCUT2D eigenvalue weighted by Crippen LogP contribution is -2.08. The minimum Gasteiger partial charge on any atom is -0.372 e. The molecule has 0 radical (unpaired) electrons. The predicted octanol–water partition coefficient (Wildman–Crippen LogP) is 5.21. The summed E-state index contributed by atoms with van der Waals surface area (Å²) in [5, 5.41) is 3.21. The number of anilines is 1. The van der Waals surface area contributed by atoms with Gasteiger partial charge in [0.2, 0.25) is 0 Å². The van der Waals surface area contributed by atoms with E-state index >= 15 is 0 Å². The van der Waals surface area contributed by atoms with Crippen molar-refractivity contribution in [1.29, 1.82) is 0 Å². The monoisotopic (exact) mass is 457 g/mol. The number of halogens is 2. The van der Waals surface area contributed by atoms with E-state index in [1.165, 1.54) is 34.9 Å². The predicted molar refractivity (Wildman–Crippen MR) is 98.6 cm³/mol. The van der Waals surface area contributed by atoms with Crippen molar-refractivity contribution in [2.75, 3.05) is 12.4 Å². The third-order valence-corrected chi connectivity index (χ3v) is 5.50. The Kier molecular flexibility index (Phi) is 4.78. The fraction of sp³-hybridized carbons (Fsp3) is 0.375. The maximum absolute atomic E-state index is 4.89. The van der Waals surface area contributed by atoms with Crippen LogP contribution < -0.4 is 5.32 Å². The Labute approximate surface area is 147 Å². The summed E-state index contributed by atoms with van der Waals surface area (Å²) >= 11 is 5.90. The largest absolute Gasteiger partial charge is 0.372 e. The first-order valence-corrected chi connectivity index (χ1v) is 9.07. The summed E-state index contributed by atoms with van der Waals surface area (Å²) in [5.41, 5.74) is 2.26. The lowest BCUT2D eigenvalue weighted by atomic mass is 10.0. The first-order valence-electron chi connectivity index (χ1n) is 7.20. The van der Waals surface area contributed by atoms with Crippen LogP contribution in [-0.4, -0.2) is 17.0 Å². The molecular formula is C16H17BrIN3. The molecule has 0 amide bonds. The van der Waals surface area contributed by atoms with E-state index in [1.54, 1.807) is 0 Å². The zero-order valence-corrected chi connectivity index (χ0v) is 15.6. The molecule has 1 aliphatic carbocycles. The molecule has 0 saturated heterocycles. The van der Waals surface area contributed by atoms with E-state index in [4.69, 9.17) is 4.98 Å². The molecule has 1 aromatic heterocycles.